The lowest BCUT2D eigenvalue weighted by molar-refractivity contribution is -0.0149. The maximum Gasteiger partial charge on any atom is 0.234 e. The Balaban J connectivity index is 2.11. The molecule has 0 saturated carbocycles. The van der Waals surface area contributed by atoms with Crippen LogP contribution in [-0.2, 0) is 9.47 Å². The highest BCUT2D eigenvalue weighted by Gasteiger charge is 2.30. The molecule has 6 heteroatoms. The molecule has 0 aromatic carbocycles. The maximum atomic E-state index is 9.79. The van der Waals surface area contributed by atoms with Gasteiger partial charge in [0.1, 0.15) is 6.10 Å². The zero-order valence-corrected chi connectivity index (χ0v) is 9.42. The lowest BCUT2D eigenvalue weighted by Crippen LogP contribution is -2.30. The molecule has 90 valence electrons. The van der Waals surface area contributed by atoms with Crippen LogP contribution in [0.4, 0.5) is 0 Å². The van der Waals surface area contributed by atoms with E-state index in [0.717, 1.165) is 0 Å². The van der Waals surface area contributed by atoms with Crippen LogP contribution in [0, 0.1) is 0 Å². The van der Waals surface area contributed by atoms with Crippen LogP contribution in [0.15, 0.2) is 4.52 Å². The molecule has 1 N–H and O–H groups in total. The van der Waals surface area contributed by atoms with Gasteiger partial charge < -0.3 is 19.1 Å². The molecule has 0 radical (unpaired) electrons. The monoisotopic (exact) mass is 228 g/mol. The van der Waals surface area contributed by atoms with Gasteiger partial charge in [0.15, 0.2) is 5.82 Å². The Bertz CT molecular complexity index is 341. The van der Waals surface area contributed by atoms with Gasteiger partial charge in [0.25, 0.3) is 0 Å². The summed E-state index contributed by atoms with van der Waals surface area (Å²) in [7, 11) is 1.58. The molecule has 3 atom stereocenters. The molecule has 1 saturated heterocycles. The van der Waals surface area contributed by atoms with E-state index < -0.39 is 6.10 Å². The van der Waals surface area contributed by atoms with Crippen molar-refractivity contribution >= 4 is 0 Å². The third-order valence-electron chi connectivity index (χ3n) is 2.81. The molecule has 1 aliphatic rings. The number of hydrogen-bond acceptors (Lipinski definition) is 6. The van der Waals surface area contributed by atoms with Gasteiger partial charge in [-0.05, 0) is 13.3 Å². The standard InChI is InChI=1S/C10H16N2O4/c1-6(14-2)9-11-10(16-12-9)7-5-15-4-3-8(7)13/h6-8,13H,3-5H2,1-2H3. The van der Waals surface area contributed by atoms with E-state index in [-0.39, 0.29) is 12.0 Å². The summed E-state index contributed by atoms with van der Waals surface area (Å²) in [6.45, 7) is 2.83. The summed E-state index contributed by atoms with van der Waals surface area (Å²) in [5.41, 5.74) is 0. The van der Waals surface area contributed by atoms with Crippen LogP contribution >= 0.6 is 0 Å². The summed E-state index contributed by atoms with van der Waals surface area (Å²) in [5.74, 6) is 0.695. The first kappa shape index (κ1) is 11.5. The van der Waals surface area contributed by atoms with Gasteiger partial charge in [-0.15, -0.1) is 0 Å². The zero-order chi connectivity index (χ0) is 11.5. The SMILES string of the molecule is COC(C)c1noc(C2COCCC2O)n1. The minimum Gasteiger partial charge on any atom is -0.392 e. The zero-order valence-electron chi connectivity index (χ0n) is 9.42. The highest BCUT2D eigenvalue weighted by molar-refractivity contribution is 5.00. The van der Waals surface area contributed by atoms with Gasteiger partial charge >= 0.3 is 0 Å². The summed E-state index contributed by atoms with van der Waals surface area (Å²) < 4.78 is 15.5. The van der Waals surface area contributed by atoms with E-state index in [0.29, 0.717) is 31.3 Å². The van der Waals surface area contributed by atoms with E-state index >= 15 is 0 Å². The van der Waals surface area contributed by atoms with E-state index in [1.807, 2.05) is 6.92 Å². The Morgan fingerprint density at radius 3 is 3.06 bits per heavy atom. The minimum atomic E-state index is -0.472. The van der Waals surface area contributed by atoms with Gasteiger partial charge in [-0.25, -0.2) is 0 Å². The van der Waals surface area contributed by atoms with Gasteiger partial charge in [-0.2, -0.15) is 4.98 Å². The van der Waals surface area contributed by atoms with Crippen LogP contribution in [0.5, 0.6) is 0 Å². The molecule has 0 bridgehead atoms. The fraction of sp³-hybridized carbons (Fsp3) is 0.800. The number of methoxy groups -OCH3 is 1. The van der Waals surface area contributed by atoms with E-state index in [1.54, 1.807) is 7.11 Å². The molecule has 0 aliphatic carbocycles. The summed E-state index contributed by atoms with van der Waals surface area (Å²) >= 11 is 0. The first-order valence-electron chi connectivity index (χ1n) is 5.34. The molecule has 3 unspecified atom stereocenters. The summed E-state index contributed by atoms with van der Waals surface area (Å²) in [6, 6.07) is 0. The molecular formula is C10H16N2O4. The van der Waals surface area contributed by atoms with Crippen molar-refractivity contribution in [2.75, 3.05) is 20.3 Å². The Labute approximate surface area is 93.6 Å². The van der Waals surface area contributed by atoms with Gasteiger partial charge in [-0.3, -0.25) is 0 Å². The molecule has 1 aliphatic heterocycles. The third-order valence-corrected chi connectivity index (χ3v) is 2.81. The third kappa shape index (κ3) is 2.23. The van der Waals surface area contributed by atoms with Gasteiger partial charge in [0.05, 0.1) is 18.6 Å². The topological polar surface area (TPSA) is 77.6 Å². The first-order chi connectivity index (χ1) is 7.72. The van der Waals surface area contributed by atoms with Crippen molar-refractivity contribution in [1.29, 1.82) is 0 Å². The second-order valence-electron chi connectivity index (χ2n) is 3.91. The lowest BCUT2D eigenvalue weighted by Gasteiger charge is -2.24. The number of hydrogen-bond donors (Lipinski definition) is 1. The minimum absolute atomic E-state index is 0.209. The molecule has 0 amide bonds. The number of aliphatic hydroxyl groups excluding tert-OH is 1. The molecular weight excluding hydrogens is 212 g/mol. The van der Waals surface area contributed by atoms with Gasteiger partial charge in [0, 0.05) is 13.7 Å². The smallest absolute Gasteiger partial charge is 0.234 e. The average molecular weight is 228 g/mol. The normalized spacial score (nSPS) is 27.9. The Morgan fingerprint density at radius 1 is 1.56 bits per heavy atom. The predicted octanol–water partition coefficient (Wildman–Crippen LogP) is 0.642. The number of aliphatic hydroxyl groups is 1. The summed E-state index contributed by atoms with van der Waals surface area (Å²) in [6.07, 6.45) is -0.0820. The maximum absolute atomic E-state index is 9.79. The fourth-order valence-electron chi connectivity index (χ4n) is 1.63. The molecule has 2 rings (SSSR count). The van der Waals surface area contributed by atoms with Crippen molar-refractivity contribution in [2.24, 2.45) is 0 Å². The number of rotatable bonds is 3. The Morgan fingerprint density at radius 2 is 2.38 bits per heavy atom. The van der Waals surface area contributed by atoms with Crippen LogP contribution in [-0.4, -0.2) is 41.7 Å². The van der Waals surface area contributed by atoms with Crippen molar-refractivity contribution in [3.05, 3.63) is 11.7 Å². The van der Waals surface area contributed by atoms with E-state index in [1.165, 1.54) is 0 Å². The van der Waals surface area contributed by atoms with Gasteiger partial charge in [0.2, 0.25) is 5.89 Å². The molecule has 0 spiro atoms. The van der Waals surface area contributed by atoms with E-state index in [4.69, 9.17) is 14.0 Å². The molecule has 2 heterocycles. The predicted molar refractivity (Wildman–Crippen MR) is 53.9 cm³/mol. The molecule has 1 aromatic heterocycles. The number of nitrogens with zero attached hydrogens (tertiary/aromatic N) is 2. The van der Waals surface area contributed by atoms with Crippen molar-refractivity contribution in [1.82, 2.24) is 10.1 Å². The average Bonchev–Trinajstić information content (AvgIpc) is 2.78. The van der Waals surface area contributed by atoms with Crippen molar-refractivity contribution in [3.63, 3.8) is 0 Å². The quantitative estimate of drug-likeness (QED) is 0.818. The van der Waals surface area contributed by atoms with Crippen molar-refractivity contribution < 1.29 is 19.1 Å². The molecule has 16 heavy (non-hydrogen) atoms. The highest BCUT2D eigenvalue weighted by Crippen LogP contribution is 2.25. The highest BCUT2D eigenvalue weighted by atomic mass is 16.5. The summed E-state index contributed by atoms with van der Waals surface area (Å²) in [4.78, 5) is 4.21. The Kier molecular flexibility index (Phi) is 3.52. The van der Waals surface area contributed by atoms with Crippen LogP contribution < -0.4 is 0 Å². The van der Waals surface area contributed by atoms with Crippen LogP contribution in [0.3, 0.4) is 0 Å². The summed E-state index contributed by atoms with van der Waals surface area (Å²) in [5, 5.41) is 13.6. The van der Waals surface area contributed by atoms with E-state index in [2.05, 4.69) is 10.1 Å². The largest absolute Gasteiger partial charge is 0.392 e. The van der Waals surface area contributed by atoms with Crippen LogP contribution in [0.2, 0.25) is 0 Å². The molecule has 1 aromatic rings. The van der Waals surface area contributed by atoms with Crippen molar-refractivity contribution in [3.8, 4) is 0 Å². The Hall–Kier alpha value is -0.980. The van der Waals surface area contributed by atoms with E-state index in [9.17, 15) is 5.11 Å². The van der Waals surface area contributed by atoms with Gasteiger partial charge in [-0.1, -0.05) is 5.16 Å². The fourth-order valence-corrected chi connectivity index (χ4v) is 1.63. The van der Waals surface area contributed by atoms with Crippen LogP contribution in [0.1, 0.15) is 37.1 Å². The lowest BCUT2D eigenvalue weighted by atomic mass is 9.99. The number of aromatic nitrogens is 2. The molecule has 1 fully saturated rings. The second kappa shape index (κ2) is 4.90. The van der Waals surface area contributed by atoms with Crippen LogP contribution in [0.25, 0.3) is 0 Å². The molecule has 6 nitrogen and oxygen atoms in total. The number of ether oxygens (including phenoxy) is 2. The van der Waals surface area contributed by atoms with Crippen molar-refractivity contribution in [2.45, 2.75) is 31.5 Å². The first-order valence-corrected chi connectivity index (χ1v) is 5.34. The second-order valence-corrected chi connectivity index (χ2v) is 3.91.